The predicted molar refractivity (Wildman–Crippen MR) is 247 cm³/mol. The molecule has 2 aromatic heterocycles. The molecule has 12 aromatic rings. The molecule has 2 heterocycles. The quantitative estimate of drug-likeness (QED) is 0.169. The molecule has 3 nitrogen and oxygen atoms in total. The molecule has 0 radical (unpaired) electrons. The zero-order valence-corrected chi connectivity index (χ0v) is 32.0. The Bertz CT molecular complexity index is 3540. The second-order valence-electron chi connectivity index (χ2n) is 15.2. The number of furan rings is 2. The van der Waals surface area contributed by atoms with Crippen molar-refractivity contribution in [1.29, 1.82) is 0 Å². The van der Waals surface area contributed by atoms with Crippen LogP contribution >= 0.6 is 0 Å². The summed E-state index contributed by atoms with van der Waals surface area (Å²) in [4.78, 5) is 2.35. The van der Waals surface area contributed by atoms with Gasteiger partial charge in [-0.2, -0.15) is 0 Å². The van der Waals surface area contributed by atoms with Crippen molar-refractivity contribution in [2.45, 2.75) is 0 Å². The molecule has 0 atom stereocenters. The van der Waals surface area contributed by atoms with E-state index in [1.165, 1.54) is 27.5 Å². The molecule has 3 heteroatoms. The van der Waals surface area contributed by atoms with E-state index in [9.17, 15) is 0 Å². The van der Waals surface area contributed by atoms with E-state index in [0.29, 0.717) is 0 Å². The first kappa shape index (κ1) is 33.3. The molecule has 59 heavy (non-hydrogen) atoms. The molecule has 0 aliphatic carbocycles. The highest BCUT2D eigenvalue weighted by Gasteiger charge is 2.23. The number of fused-ring (bicyclic) bond motifs is 9. The molecule has 0 fully saturated rings. The largest absolute Gasteiger partial charge is 0.455 e. The second kappa shape index (κ2) is 13.4. The second-order valence-corrected chi connectivity index (χ2v) is 15.2. The van der Waals surface area contributed by atoms with Gasteiger partial charge in [-0.05, 0) is 92.5 Å². The fourth-order valence-corrected chi connectivity index (χ4v) is 9.20. The number of anilines is 3. The Labute approximate surface area is 340 Å². The Morgan fingerprint density at radius 3 is 1.54 bits per heavy atom. The number of para-hydroxylation sites is 3. The number of benzene rings is 10. The van der Waals surface area contributed by atoms with Gasteiger partial charge in [0.2, 0.25) is 0 Å². The highest BCUT2D eigenvalue weighted by Crippen LogP contribution is 2.48. The summed E-state index contributed by atoms with van der Waals surface area (Å²) in [5.41, 5.74) is 13.7. The lowest BCUT2D eigenvalue weighted by molar-refractivity contribution is 0.670. The van der Waals surface area contributed by atoms with Crippen LogP contribution in [0.3, 0.4) is 0 Å². The van der Waals surface area contributed by atoms with Crippen LogP contribution in [0.5, 0.6) is 0 Å². The Morgan fingerprint density at radius 1 is 0.288 bits per heavy atom. The highest BCUT2D eigenvalue weighted by molar-refractivity contribution is 6.24. The fraction of sp³-hybridized carbons (Fsp3) is 0. The van der Waals surface area contributed by atoms with Crippen molar-refractivity contribution in [3.63, 3.8) is 0 Å². The lowest BCUT2D eigenvalue weighted by atomic mass is 9.88. The summed E-state index contributed by atoms with van der Waals surface area (Å²) in [7, 11) is 0. The molecule has 0 saturated carbocycles. The van der Waals surface area contributed by atoms with Crippen LogP contribution in [0.25, 0.3) is 98.8 Å². The number of nitrogens with zero attached hydrogens (tertiary/aromatic N) is 1. The van der Waals surface area contributed by atoms with Gasteiger partial charge < -0.3 is 13.7 Å². The van der Waals surface area contributed by atoms with Gasteiger partial charge in [0.05, 0.1) is 11.1 Å². The van der Waals surface area contributed by atoms with Gasteiger partial charge in [-0.1, -0.05) is 164 Å². The van der Waals surface area contributed by atoms with Crippen molar-refractivity contribution in [2.75, 3.05) is 4.90 Å². The smallest absolute Gasteiger partial charge is 0.143 e. The summed E-state index contributed by atoms with van der Waals surface area (Å²) in [5.74, 6) is 0. The molecule has 276 valence electrons. The molecule has 0 unspecified atom stereocenters. The van der Waals surface area contributed by atoms with E-state index < -0.39 is 0 Å². The predicted octanol–water partition coefficient (Wildman–Crippen LogP) is 16.3. The van der Waals surface area contributed by atoms with Crippen LogP contribution in [0, 0.1) is 0 Å². The maximum atomic E-state index is 6.89. The van der Waals surface area contributed by atoms with E-state index in [1.54, 1.807) is 0 Å². The minimum absolute atomic E-state index is 0.848. The maximum Gasteiger partial charge on any atom is 0.143 e. The molecular weight excluding hydrogens is 719 g/mol. The third-order valence-electron chi connectivity index (χ3n) is 11.9. The summed E-state index contributed by atoms with van der Waals surface area (Å²) >= 11 is 0. The van der Waals surface area contributed by atoms with Crippen molar-refractivity contribution in [3.05, 3.63) is 212 Å². The zero-order chi connectivity index (χ0) is 38.9. The van der Waals surface area contributed by atoms with E-state index in [4.69, 9.17) is 8.83 Å². The summed E-state index contributed by atoms with van der Waals surface area (Å²) in [6.07, 6.45) is 0. The van der Waals surface area contributed by atoms with Crippen LogP contribution < -0.4 is 4.90 Å². The van der Waals surface area contributed by atoms with Crippen molar-refractivity contribution in [3.8, 4) is 33.4 Å². The molecule has 0 N–H and O–H groups in total. The lowest BCUT2D eigenvalue weighted by Gasteiger charge is -2.26. The van der Waals surface area contributed by atoms with E-state index in [1.807, 2.05) is 12.1 Å². The van der Waals surface area contributed by atoms with Crippen molar-refractivity contribution in [2.24, 2.45) is 0 Å². The molecule has 0 amide bonds. The van der Waals surface area contributed by atoms with Crippen LogP contribution in [0.15, 0.2) is 221 Å². The standard InChI is InChI=1S/C56H35NO2/c1-3-15-36(16-4-1)37-29-31-39(32-30-37)57(38-17-5-2-6-18-38)51-26-14-28-53-54(51)50-35-49(42-21-9-10-23-46(42)56(50)59-53)44-34-33-43(40-19-7-8-20-41(40)44)47-24-13-25-48-45-22-11-12-27-52(45)58-55(47)48/h1-35H. The van der Waals surface area contributed by atoms with Gasteiger partial charge in [0.25, 0.3) is 0 Å². The van der Waals surface area contributed by atoms with Crippen LogP contribution in [0.4, 0.5) is 17.1 Å². The minimum atomic E-state index is 0.848. The third kappa shape index (κ3) is 5.29. The van der Waals surface area contributed by atoms with Gasteiger partial charge in [0.1, 0.15) is 22.3 Å². The van der Waals surface area contributed by atoms with E-state index in [-0.39, 0.29) is 0 Å². The average Bonchev–Trinajstić information content (AvgIpc) is 3.89. The summed E-state index contributed by atoms with van der Waals surface area (Å²) in [6.45, 7) is 0. The Balaban J connectivity index is 1.09. The Morgan fingerprint density at radius 2 is 0.797 bits per heavy atom. The lowest BCUT2D eigenvalue weighted by Crippen LogP contribution is -2.10. The number of hydrogen-bond acceptors (Lipinski definition) is 3. The Hall–Kier alpha value is -7.88. The number of hydrogen-bond donors (Lipinski definition) is 0. The van der Waals surface area contributed by atoms with Gasteiger partial charge in [-0.3, -0.25) is 0 Å². The average molecular weight is 754 g/mol. The van der Waals surface area contributed by atoms with Gasteiger partial charge >= 0.3 is 0 Å². The third-order valence-corrected chi connectivity index (χ3v) is 11.9. The van der Waals surface area contributed by atoms with Gasteiger partial charge in [-0.25, -0.2) is 0 Å². The Kier molecular flexibility index (Phi) is 7.54. The van der Waals surface area contributed by atoms with Crippen molar-refractivity contribution in [1.82, 2.24) is 0 Å². The summed E-state index contributed by atoms with van der Waals surface area (Å²) in [6, 6.07) is 75.5. The van der Waals surface area contributed by atoms with Gasteiger partial charge in [0.15, 0.2) is 0 Å². The van der Waals surface area contributed by atoms with Crippen molar-refractivity contribution < 1.29 is 8.83 Å². The first-order valence-corrected chi connectivity index (χ1v) is 20.1. The molecule has 0 bridgehead atoms. The first-order valence-electron chi connectivity index (χ1n) is 20.1. The topological polar surface area (TPSA) is 29.5 Å². The molecule has 0 spiro atoms. The molecular formula is C56H35NO2. The SMILES string of the molecule is c1ccc(-c2ccc(N(c3ccccc3)c3cccc4oc5c6ccccc6c(-c6ccc(-c7cccc8c7oc7ccccc78)c7ccccc67)cc5c34)cc2)cc1. The van der Waals surface area contributed by atoms with E-state index in [2.05, 4.69) is 205 Å². The molecule has 12 rings (SSSR count). The van der Waals surface area contributed by atoms with Gasteiger partial charge in [0, 0.05) is 38.5 Å². The summed E-state index contributed by atoms with van der Waals surface area (Å²) in [5, 5.41) is 8.99. The van der Waals surface area contributed by atoms with E-state index >= 15 is 0 Å². The minimum Gasteiger partial charge on any atom is -0.455 e. The van der Waals surface area contributed by atoms with Crippen LogP contribution in [0.1, 0.15) is 0 Å². The van der Waals surface area contributed by atoms with E-state index in [0.717, 1.165) is 88.4 Å². The van der Waals surface area contributed by atoms with Crippen LogP contribution in [0.2, 0.25) is 0 Å². The van der Waals surface area contributed by atoms with Crippen LogP contribution in [-0.4, -0.2) is 0 Å². The zero-order valence-electron chi connectivity index (χ0n) is 32.0. The summed E-state index contributed by atoms with van der Waals surface area (Å²) < 4.78 is 13.4. The van der Waals surface area contributed by atoms with Crippen molar-refractivity contribution >= 4 is 82.5 Å². The normalized spacial score (nSPS) is 11.7. The monoisotopic (exact) mass is 753 g/mol. The molecule has 0 aliphatic heterocycles. The fourth-order valence-electron chi connectivity index (χ4n) is 9.20. The first-order chi connectivity index (χ1) is 29.3. The molecule has 0 aliphatic rings. The molecule has 0 saturated heterocycles. The highest BCUT2D eigenvalue weighted by atomic mass is 16.3. The molecule has 10 aromatic carbocycles. The number of rotatable bonds is 6. The maximum absolute atomic E-state index is 6.89. The van der Waals surface area contributed by atoms with Gasteiger partial charge in [-0.15, -0.1) is 0 Å². The van der Waals surface area contributed by atoms with Crippen LogP contribution in [-0.2, 0) is 0 Å².